The van der Waals surface area contributed by atoms with Crippen LogP contribution < -0.4 is 11.2 Å². The van der Waals surface area contributed by atoms with E-state index in [-0.39, 0.29) is 17.0 Å². The van der Waals surface area contributed by atoms with Gasteiger partial charge in [-0.25, -0.2) is 9.78 Å². The number of rotatable bonds is 0. The fraction of sp³-hybridized carbons (Fsp3) is 0.286. The van der Waals surface area contributed by atoms with E-state index in [0.29, 0.717) is 11.2 Å². The predicted octanol–water partition coefficient (Wildman–Crippen LogP) is -0.462. The molecule has 0 aliphatic rings. The molecular weight excluding hydrogens is 252 g/mol. The van der Waals surface area contributed by atoms with Crippen molar-refractivity contribution in [1.29, 1.82) is 0 Å². The summed E-state index contributed by atoms with van der Waals surface area (Å²) in [5.41, 5.74) is -0.0485. The average molecular weight is 261 g/mol. The lowest BCUT2D eigenvalue weighted by atomic mass is 10.5. The number of H-pyrrole nitrogens is 1. The van der Waals surface area contributed by atoms with Gasteiger partial charge in [0.05, 0.1) is 6.33 Å². The van der Waals surface area contributed by atoms with Crippen molar-refractivity contribution < 1.29 is 0 Å². The molecule has 2 heterocycles. The molecule has 2 rings (SSSR count). The summed E-state index contributed by atoms with van der Waals surface area (Å²) in [4.78, 5) is 28.6. The molecule has 0 aliphatic heterocycles. The fourth-order valence-corrected chi connectivity index (χ4v) is 1.26. The number of nitrogens with zero attached hydrogens (tertiary/aromatic N) is 3. The SMILES string of the molecule is Br.Cn1cnc2c1c(=O)[nH]c(=O)n2C. The molecule has 76 valence electrons. The first-order chi connectivity index (χ1) is 6.11. The third-order valence-electron chi connectivity index (χ3n) is 1.98. The average Bonchev–Trinajstić information content (AvgIpc) is 2.44. The van der Waals surface area contributed by atoms with E-state index < -0.39 is 11.2 Å². The summed E-state index contributed by atoms with van der Waals surface area (Å²) in [6.07, 6.45) is 1.50. The summed E-state index contributed by atoms with van der Waals surface area (Å²) in [6.45, 7) is 0. The first-order valence-electron chi connectivity index (χ1n) is 3.71. The zero-order chi connectivity index (χ0) is 9.59. The molecular formula is C7H9BrN4O2. The second-order valence-corrected chi connectivity index (χ2v) is 2.85. The molecule has 2 aromatic rings. The Balaban J connectivity index is 0.000000980. The van der Waals surface area contributed by atoms with E-state index in [1.807, 2.05) is 0 Å². The summed E-state index contributed by atoms with van der Waals surface area (Å²) in [5.74, 6) is 0. The van der Waals surface area contributed by atoms with Crippen LogP contribution in [0.3, 0.4) is 0 Å². The number of hydrogen-bond donors (Lipinski definition) is 1. The summed E-state index contributed by atoms with van der Waals surface area (Å²) in [5, 5.41) is 0. The number of fused-ring (bicyclic) bond motifs is 1. The van der Waals surface area contributed by atoms with Crippen molar-refractivity contribution in [1.82, 2.24) is 19.1 Å². The van der Waals surface area contributed by atoms with E-state index in [0.717, 1.165) is 0 Å². The van der Waals surface area contributed by atoms with Gasteiger partial charge in [0.1, 0.15) is 0 Å². The lowest BCUT2D eigenvalue weighted by Crippen LogP contribution is -2.28. The highest BCUT2D eigenvalue weighted by atomic mass is 79.9. The van der Waals surface area contributed by atoms with E-state index >= 15 is 0 Å². The molecule has 1 N–H and O–H groups in total. The Kier molecular flexibility index (Phi) is 2.61. The number of aryl methyl sites for hydroxylation is 2. The maximum atomic E-state index is 11.3. The van der Waals surface area contributed by atoms with Crippen molar-refractivity contribution in [3.8, 4) is 0 Å². The minimum atomic E-state index is -0.448. The van der Waals surface area contributed by atoms with E-state index in [4.69, 9.17) is 0 Å². The van der Waals surface area contributed by atoms with Crippen LogP contribution >= 0.6 is 17.0 Å². The van der Waals surface area contributed by atoms with Gasteiger partial charge >= 0.3 is 5.69 Å². The minimum Gasteiger partial charge on any atom is -0.328 e. The molecule has 6 nitrogen and oxygen atoms in total. The molecule has 0 saturated heterocycles. The second-order valence-electron chi connectivity index (χ2n) is 2.85. The highest BCUT2D eigenvalue weighted by Gasteiger charge is 2.08. The molecule has 0 amide bonds. The van der Waals surface area contributed by atoms with E-state index in [2.05, 4.69) is 9.97 Å². The van der Waals surface area contributed by atoms with Crippen LogP contribution in [-0.4, -0.2) is 19.1 Å². The van der Waals surface area contributed by atoms with Gasteiger partial charge in [-0.2, -0.15) is 0 Å². The Morgan fingerprint density at radius 1 is 1.36 bits per heavy atom. The Morgan fingerprint density at radius 2 is 2.00 bits per heavy atom. The molecule has 14 heavy (non-hydrogen) atoms. The molecule has 0 saturated carbocycles. The molecule has 7 heteroatoms. The third kappa shape index (κ3) is 1.29. The third-order valence-corrected chi connectivity index (χ3v) is 1.98. The van der Waals surface area contributed by atoms with Crippen LogP contribution in [-0.2, 0) is 14.1 Å². The van der Waals surface area contributed by atoms with E-state index in [1.54, 1.807) is 18.7 Å². The fourth-order valence-electron chi connectivity index (χ4n) is 1.26. The number of aromatic amines is 1. The van der Waals surface area contributed by atoms with Crippen LogP contribution in [0.5, 0.6) is 0 Å². The van der Waals surface area contributed by atoms with E-state index in [9.17, 15) is 9.59 Å². The maximum absolute atomic E-state index is 11.3. The van der Waals surface area contributed by atoms with Gasteiger partial charge in [0, 0.05) is 14.1 Å². The molecule has 0 unspecified atom stereocenters. The van der Waals surface area contributed by atoms with Gasteiger partial charge < -0.3 is 4.57 Å². The monoisotopic (exact) mass is 260 g/mol. The zero-order valence-electron chi connectivity index (χ0n) is 7.64. The number of aromatic nitrogens is 4. The predicted molar refractivity (Wildman–Crippen MR) is 56.9 cm³/mol. The van der Waals surface area contributed by atoms with Gasteiger partial charge in [-0.1, -0.05) is 0 Å². The van der Waals surface area contributed by atoms with Gasteiger partial charge in [0.25, 0.3) is 5.56 Å². The number of imidazole rings is 1. The molecule has 0 radical (unpaired) electrons. The number of nitrogens with one attached hydrogen (secondary N) is 1. The number of halogens is 1. The van der Waals surface area contributed by atoms with Crippen molar-refractivity contribution in [2.45, 2.75) is 0 Å². The highest BCUT2D eigenvalue weighted by Crippen LogP contribution is 2.00. The highest BCUT2D eigenvalue weighted by molar-refractivity contribution is 8.93. The molecule has 0 aromatic carbocycles. The van der Waals surface area contributed by atoms with Crippen LogP contribution in [0.25, 0.3) is 11.2 Å². The molecule has 0 fully saturated rings. The first kappa shape index (κ1) is 10.7. The van der Waals surface area contributed by atoms with Crippen LogP contribution in [0.1, 0.15) is 0 Å². The van der Waals surface area contributed by atoms with Crippen LogP contribution in [0, 0.1) is 0 Å². The lowest BCUT2D eigenvalue weighted by Gasteiger charge is -1.97. The van der Waals surface area contributed by atoms with Crippen LogP contribution in [0.2, 0.25) is 0 Å². The minimum absolute atomic E-state index is 0. The topological polar surface area (TPSA) is 72.7 Å². The van der Waals surface area contributed by atoms with Crippen LogP contribution in [0.15, 0.2) is 15.9 Å². The van der Waals surface area contributed by atoms with Gasteiger partial charge in [0.15, 0.2) is 11.2 Å². The first-order valence-corrected chi connectivity index (χ1v) is 3.71. The van der Waals surface area contributed by atoms with E-state index in [1.165, 1.54) is 10.9 Å². The van der Waals surface area contributed by atoms with Gasteiger partial charge in [0.2, 0.25) is 0 Å². The Hall–Kier alpha value is -1.37. The Morgan fingerprint density at radius 3 is 2.64 bits per heavy atom. The number of hydrogen-bond acceptors (Lipinski definition) is 3. The van der Waals surface area contributed by atoms with Crippen molar-refractivity contribution >= 4 is 28.1 Å². The lowest BCUT2D eigenvalue weighted by molar-refractivity contribution is 0.829. The van der Waals surface area contributed by atoms with Gasteiger partial charge in [-0.3, -0.25) is 14.3 Å². The Labute approximate surface area is 89.0 Å². The summed E-state index contributed by atoms with van der Waals surface area (Å²) in [6, 6.07) is 0. The molecule has 0 spiro atoms. The molecule has 0 atom stereocenters. The van der Waals surface area contributed by atoms with Crippen molar-refractivity contribution in [3.63, 3.8) is 0 Å². The normalized spacial score (nSPS) is 10.1. The summed E-state index contributed by atoms with van der Waals surface area (Å²) in [7, 11) is 3.27. The quantitative estimate of drug-likeness (QED) is 0.697. The summed E-state index contributed by atoms with van der Waals surface area (Å²) >= 11 is 0. The van der Waals surface area contributed by atoms with Crippen molar-refractivity contribution in [2.75, 3.05) is 0 Å². The largest absolute Gasteiger partial charge is 0.329 e. The van der Waals surface area contributed by atoms with Crippen molar-refractivity contribution in [3.05, 3.63) is 27.2 Å². The standard InChI is InChI=1S/C7H8N4O2.BrH/c1-10-3-8-5-4(10)6(12)9-7(13)11(5)2;/h3H,1-2H3,(H,9,12,13);1H. The summed E-state index contributed by atoms with van der Waals surface area (Å²) < 4.78 is 2.88. The Bertz CT molecular complexity index is 579. The second kappa shape index (κ2) is 3.41. The van der Waals surface area contributed by atoms with Gasteiger partial charge in [-0.05, 0) is 0 Å². The smallest absolute Gasteiger partial charge is 0.328 e. The molecule has 0 bridgehead atoms. The van der Waals surface area contributed by atoms with Crippen molar-refractivity contribution in [2.24, 2.45) is 14.1 Å². The molecule has 0 aliphatic carbocycles. The van der Waals surface area contributed by atoms with Crippen LogP contribution in [0.4, 0.5) is 0 Å². The molecule has 2 aromatic heterocycles. The zero-order valence-corrected chi connectivity index (χ0v) is 9.36. The maximum Gasteiger partial charge on any atom is 0.329 e. The van der Waals surface area contributed by atoms with Gasteiger partial charge in [-0.15, -0.1) is 17.0 Å².